The second-order valence-corrected chi connectivity index (χ2v) is 16.7. The zero-order chi connectivity index (χ0) is 40.7. The van der Waals surface area contributed by atoms with E-state index in [2.05, 4.69) is 23.2 Å². The number of hydrogen-bond acceptors (Lipinski definition) is 15. The third-order valence-corrected chi connectivity index (χ3v) is 14.0. The van der Waals surface area contributed by atoms with Crippen LogP contribution >= 0.6 is 12.6 Å². The van der Waals surface area contributed by atoms with Gasteiger partial charge in [-0.25, -0.2) is 4.79 Å². The highest BCUT2D eigenvalue weighted by Gasteiger charge is 2.69. The molecule has 14 nitrogen and oxygen atoms in total. The van der Waals surface area contributed by atoms with Crippen LogP contribution in [0.2, 0.25) is 0 Å². The summed E-state index contributed by atoms with van der Waals surface area (Å²) in [4.78, 5) is 31.7. The van der Waals surface area contributed by atoms with Crippen molar-refractivity contribution in [3.63, 3.8) is 0 Å². The van der Waals surface area contributed by atoms with Gasteiger partial charge in [-0.2, -0.15) is 12.6 Å². The summed E-state index contributed by atoms with van der Waals surface area (Å²) in [6.45, 7) is 9.56. The van der Waals surface area contributed by atoms with Crippen LogP contribution in [0, 0.1) is 13.8 Å². The minimum Gasteiger partial charge on any atom is -0.504 e. The molecule has 3 aromatic carbocycles. The fourth-order valence-corrected chi connectivity index (χ4v) is 11.4. The van der Waals surface area contributed by atoms with E-state index >= 15 is 0 Å². The van der Waals surface area contributed by atoms with Gasteiger partial charge >= 0.3 is 11.9 Å². The summed E-state index contributed by atoms with van der Waals surface area (Å²) >= 11 is 4.69. The first-order valence-electron chi connectivity index (χ1n) is 19.5. The summed E-state index contributed by atoms with van der Waals surface area (Å²) in [7, 11) is 3.14. The molecule has 1 aromatic heterocycles. The van der Waals surface area contributed by atoms with Gasteiger partial charge in [0.2, 0.25) is 6.79 Å². The number of nitrogens with zero attached hydrogens (tertiary/aromatic N) is 2. The van der Waals surface area contributed by atoms with Gasteiger partial charge in [-0.05, 0) is 69.0 Å². The first kappa shape index (κ1) is 37.2. The molecule has 7 atom stereocenters. The van der Waals surface area contributed by atoms with E-state index in [0.717, 1.165) is 22.1 Å². The SMILES string of the molecule is COc1ccc2oc3c(c2c1)CCN[C@@]3(CS)C(=O)O/C=C1\c2c3c(c(C)c(OC(C)=O)c2[C@@H](C)C2[C@H]4c5c(cc(C)c(OC)c5O)[C@@]5(C)C[C@@H]([C@H](O)N12)N45)OCO3. The molecule has 3 N–H and O–H groups in total. The number of rotatable bonds is 6. The second-order valence-electron chi connectivity index (χ2n) is 16.4. The van der Waals surface area contributed by atoms with Crippen LogP contribution < -0.4 is 29.0 Å². The van der Waals surface area contributed by atoms with Crippen molar-refractivity contribution in [1.82, 2.24) is 15.1 Å². The van der Waals surface area contributed by atoms with Crippen molar-refractivity contribution in [1.29, 1.82) is 0 Å². The summed E-state index contributed by atoms with van der Waals surface area (Å²) < 4.78 is 42.1. The van der Waals surface area contributed by atoms with E-state index in [1.807, 2.05) is 37.8 Å². The molecule has 2 saturated heterocycles. The number of aliphatic hydroxyl groups is 1. The molecule has 2 fully saturated rings. The van der Waals surface area contributed by atoms with E-state index in [9.17, 15) is 19.8 Å². The Bertz CT molecular complexity index is 2520. The lowest BCUT2D eigenvalue weighted by atomic mass is 9.71. The Morgan fingerprint density at radius 3 is 2.60 bits per heavy atom. The highest BCUT2D eigenvalue weighted by molar-refractivity contribution is 7.80. The predicted molar refractivity (Wildman–Crippen MR) is 212 cm³/mol. The Morgan fingerprint density at radius 2 is 1.88 bits per heavy atom. The number of hydrogen-bond donors (Lipinski definition) is 4. The van der Waals surface area contributed by atoms with Crippen molar-refractivity contribution >= 4 is 41.2 Å². The third kappa shape index (κ3) is 4.61. The number of fused-ring (bicyclic) bond motifs is 11. The van der Waals surface area contributed by atoms with Crippen LogP contribution in [-0.2, 0) is 31.8 Å². The van der Waals surface area contributed by atoms with Crippen molar-refractivity contribution in [2.24, 2.45) is 0 Å². The van der Waals surface area contributed by atoms with E-state index in [1.165, 1.54) is 20.3 Å². The lowest BCUT2D eigenvalue weighted by Crippen LogP contribution is -2.74. The number of aryl methyl sites for hydroxylation is 1. The van der Waals surface area contributed by atoms with E-state index in [1.54, 1.807) is 13.2 Å². The number of esters is 2. The summed E-state index contributed by atoms with van der Waals surface area (Å²) in [6, 6.07) is 6.18. The Hall–Kier alpha value is -5.09. The van der Waals surface area contributed by atoms with Gasteiger partial charge < -0.3 is 48.0 Å². The maximum Gasteiger partial charge on any atom is 0.340 e. The lowest BCUT2D eigenvalue weighted by Gasteiger charge is -2.66. The lowest BCUT2D eigenvalue weighted by molar-refractivity contribution is -0.220. The molecule has 10 rings (SSSR count). The van der Waals surface area contributed by atoms with Crippen molar-refractivity contribution in [2.45, 2.75) is 88.8 Å². The van der Waals surface area contributed by atoms with Gasteiger partial charge in [0.25, 0.3) is 0 Å². The molecule has 0 aliphatic carbocycles. The molecule has 6 aliphatic heterocycles. The molecule has 0 radical (unpaired) electrons. The highest BCUT2D eigenvalue weighted by atomic mass is 32.1. The first-order valence-corrected chi connectivity index (χ1v) is 20.1. The number of methoxy groups -OCH3 is 2. The summed E-state index contributed by atoms with van der Waals surface area (Å²) in [5, 5.41) is 28.8. The zero-order valence-corrected chi connectivity index (χ0v) is 34.1. The molecule has 0 amide bonds. The normalized spacial score (nSPS) is 29.2. The molecule has 0 spiro atoms. The Labute approximate surface area is 340 Å². The molecule has 4 aromatic rings. The number of phenols is 1. The van der Waals surface area contributed by atoms with Crippen LogP contribution in [0.4, 0.5) is 0 Å². The quantitative estimate of drug-likeness (QED) is 0.0848. The maximum absolute atomic E-state index is 14.8. The number of aliphatic hydroxyl groups excluding tert-OH is 1. The van der Waals surface area contributed by atoms with Gasteiger partial charge in [-0.1, -0.05) is 6.92 Å². The number of phenolic OH excluding ortho intramolecular Hbond substituents is 1. The van der Waals surface area contributed by atoms with E-state index in [0.29, 0.717) is 87.4 Å². The Kier molecular flexibility index (Phi) is 8.15. The Morgan fingerprint density at radius 1 is 1.10 bits per heavy atom. The number of nitrogens with one attached hydrogen (secondary N) is 1. The van der Waals surface area contributed by atoms with Crippen LogP contribution in [-0.4, -0.2) is 83.6 Å². The fourth-order valence-electron chi connectivity index (χ4n) is 11.0. The Balaban J connectivity index is 1.18. The average Bonchev–Trinajstić information content (AvgIpc) is 3.89. The number of carbonyl (C=O) groups excluding carboxylic acids is 2. The zero-order valence-electron chi connectivity index (χ0n) is 33.2. The largest absolute Gasteiger partial charge is 0.504 e. The van der Waals surface area contributed by atoms with Crippen molar-refractivity contribution < 1.29 is 52.6 Å². The summed E-state index contributed by atoms with van der Waals surface area (Å²) in [5.74, 6) is 0.918. The second kappa shape index (κ2) is 12.7. The van der Waals surface area contributed by atoms with Crippen LogP contribution in [0.1, 0.15) is 83.9 Å². The number of benzene rings is 3. The topological polar surface area (TPSA) is 162 Å². The number of carbonyl (C=O) groups is 2. The van der Waals surface area contributed by atoms with E-state index in [-0.39, 0.29) is 24.3 Å². The molecule has 58 heavy (non-hydrogen) atoms. The molecule has 0 saturated carbocycles. The predicted octanol–water partition coefficient (Wildman–Crippen LogP) is 5.40. The number of piperazine rings is 1. The van der Waals surface area contributed by atoms with Gasteiger partial charge in [-0.3, -0.25) is 15.0 Å². The average molecular weight is 812 g/mol. The maximum atomic E-state index is 14.8. The number of thiol groups is 1. The summed E-state index contributed by atoms with van der Waals surface area (Å²) in [5.41, 5.74) is 3.98. The molecule has 304 valence electrons. The smallest absolute Gasteiger partial charge is 0.340 e. The van der Waals surface area contributed by atoms with Crippen LogP contribution in [0.5, 0.6) is 34.5 Å². The number of aromatic hydroxyl groups is 1. The molecule has 6 aliphatic rings. The molecular formula is C43H45N3O11S. The molecular weight excluding hydrogens is 767 g/mol. The fraction of sp³-hybridized carbons (Fsp3) is 0.442. The van der Waals surface area contributed by atoms with Crippen LogP contribution in [0.3, 0.4) is 0 Å². The molecule has 15 heteroatoms. The highest BCUT2D eigenvalue weighted by Crippen LogP contribution is 2.69. The van der Waals surface area contributed by atoms with Gasteiger partial charge in [0, 0.05) is 58.3 Å². The van der Waals surface area contributed by atoms with Crippen molar-refractivity contribution in [2.75, 3.05) is 33.3 Å². The van der Waals surface area contributed by atoms with Crippen molar-refractivity contribution in [3.8, 4) is 34.5 Å². The third-order valence-electron chi connectivity index (χ3n) is 13.5. The number of furan rings is 1. The standard InChI is InChI=1S/C43H45N3O11S/c1-18-12-25-30(34(48)35(18)52-7)33-32-19(2)29-31(38-37(54-17-55-38)20(3)36(29)56-21(4)47)27(45(32)40(49)26-14-42(25,5)46(26)33)15-53-41(50)43(16-58)39-23(10-11-44-43)24-13-22(51-6)8-9-28(24)57-39/h8-9,12-13,15,19,26,32-33,40,44,48-49,58H,10-11,14,16-17H2,1-7H3/b27-15+/t19-,26+,32?,33-,40+,42-,43-/m1/s1. The number of ether oxygens (including phenoxy) is 6. The first-order chi connectivity index (χ1) is 27.8. The molecule has 7 heterocycles. The van der Waals surface area contributed by atoms with E-state index in [4.69, 9.17) is 45.5 Å². The van der Waals surface area contributed by atoms with Crippen LogP contribution in [0.25, 0.3) is 16.7 Å². The summed E-state index contributed by atoms with van der Waals surface area (Å²) in [6.07, 6.45) is 1.46. The van der Waals surface area contributed by atoms with Gasteiger partial charge in [0.15, 0.2) is 28.5 Å². The monoisotopic (exact) mass is 811 g/mol. The van der Waals surface area contributed by atoms with Gasteiger partial charge in [0.1, 0.15) is 35.3 Å². The molecule has 1 unspecified atom stereocenters. The minimum atomic E-state index is -1.47. The minimum absolute atomic E-state index is 0.0126. The van der Waals surface area contributed by atoms with Gasteiger partial charge in [0.05, 0.1) is 43.6 Å². The van der Waals surface area contributed by atoms with Gasteiger partial charge in [-0.15, -0.1) is 0 Å². The molecule has 0 bridgehead atoms. The van der Waals surface area contributed by atoms with Crippen LogP contribution in [0.15, 0.2) is 34.9 Å². The van der Waals surface area contributed by atoms with E-state index < -0.39 is 47.2 Å². The van der Waals surface area contributed by atoms with Crippen molar-refractivity contribution in [3.05, 3.63) is 75.2 Å².